The zero-order valence-corrected chi connectivity index (χ0v) is 9.80. The van der Waals surface area contributed by atoms with Crippen LogP contribution in [-0.4, -0.2) is 5.11 Å². The fraction of sp³-hybridized carbons (Fsp3) is 0.571. The predicted molar refractivity (Wildman–Crippen MR) is 62.7 cm³/mol. The summed E-state index contributed by atoms with van der Waals surface area (Å²) in [6.45, 7) is 1.94. The normalized spacial score (nSPS) is 20.4. The van der Waals surface area contributed by atoms with E-state index in [0.717, 1.165) is 36.8 Å². The summed E-state index contributed by atoms with van der Waals surface area (Å²) in [5.74, 6) is -0.252. The molecule has 1 nitrogen and oxygen atoms in total. The Labute approximate surface area is 96.3 Å². The molecule has 0 amide bonds. The molecule has 0 aliphatic heterocycles. The molecular weight excluding hydrogens is 203 g/mol. The minimum Gasteiger partial charge on any atom is -0.385 e. The second-order valence-electron chi connectivity index (χ2n) is 4.91. The number of hydrogen-bond acceptors (Lipinski definition) is 1. The largest absolute Gasteiger partial charge is 0.385 e. The van der Waals surface area contributed by atoms with E-state index in [-0.39, 0.29) is 5.82 Å². The first-order valence-electron chi connectivity index (χ1n) is 6.11. The molecule has 0 bridgehead atoms. The molecule has 0 saturated heterocycles. The Morgan fingerprint density at radius 1 is 1.12 bits per heavy atom. The highest BCUT2D eigenvalue weighted by Crippen LogP contribution is 2.37. The molecule has 0 unspecified atom stereocenters. The molecule has 0 radical (unpaired) electrons. The molecule has 2 heteroatoms. The molecule has 0 aromatic heterocycles. The summed E-state index contributed by atoms with van der Waals surface area (Å²) < 4.78 is 13.3. The van der Waals surface area contributed by atoms with E-state index in [1.807, 2.05) is 6.92 Å². The molecule has 1 aliphatic rings. The van der Waals surface area contributed by atoms with Crippen LogP contribution in [-0.2, 0) is 5.60 Å². The molecule has 0 heterocycles. The Balaban J connectivity index is 2.36. The number of aryl methyl sites for hydroxylation is 1. The van der Waals surface area contributed by atoms with Crippen LogP contribution >= 0.6 is 0 Å². The van der Waals surface area contributed by atoms with E-state index in [4.69, 9.17) is 0 Å². The Bertz CT molecular complexity index is 365. The highest BCUT2D eigenvalue weighted by atomic mass is 19.1. The third kappa shape index (κ3) is 2.27. The van der Waals surface area contributed by atoms with Crippen LogP contribution in [0.3, 0.4) is 0 Å². The van der Waals surface area contributed by atoms with Crippen molar-refractivity contribution in [2.75, 3.05) is 0 Å². The van der Waals surface area contributed by atoms with Crippen molar-refractivity contribution in [2.45, 2.75) is 51.0 Å². The Hall–Kier alpha value is -0.890. The summed E-state index contributed by atoms with van der Waals surface area (Å²) in [6.07, 6.45) is 5.95. The summed E-state index contributed by atoms with van der Waals surface area (Å²) in [6, 6.07) is 4.72. The second-order valence-corrected chi connectivity index (χ2v) is 4.91. The second kappa shape index (κ2) is 4.54. The van der Waals surface area contributed by atoms with Crippen molar-refractivity contribution in [1.29, 1.82) is 0 Å². The van der Waals surface area contributed by atoms with Crippen molar-refractivity contribution in [3.63, 3.8) is 0 Å². The molecule has 1 fully saturated rings. The summed E-state index contributed by atoms with van der Waals surface area (Å²) in [7, 11) is 0. The van der Waals surface area contributed by atoms with Gasteiger partial charge in [-0.25, -0.2) is 4.39 Å². The van der Waals surface area contributed by atoms with Crippen molar-refractivity contribution < 1.29 is 9.50 Å². The van der Waals surface area contributed by atoms with Gasteiger partial charge in [0.05, 0.1) is 5.60 Å². The van der Waals surface area contributed by atoms with Crippen molar-refractivity contribution in [2.24, 2.45) is 0 Å². The first kappa shape index (κ1) is 11.6. The van der Waals surface area contributed by atoms with Gasteiger partial charge in [-0.05, 0) is 43.0 Å². The molecule has 1 N–H and O–H groups in total. The van der Waals surface area contributed by atoms with Gasteiger partial charge >= 0.3 is 0 Å². The first-order valence-corrected chi connectivity index (χ1v) is 6.11. The number of halogens is 1. The van der Waals surface area contributed by atoms with E-state index < -0.39 is 5.60 Å². The lowest BCUT2D eigenvalue weighted by Crippen LogP contribution is -2.26. The minimum absolute atomic E-state index is 0.252. The van der Waals surface area contributed by atoms with Crippen LogP contribution in [0.4, 0.5) is 4.39 Å². The van der Waals surface area contributed by atoms with E-state index in [0.29, 0.717) is 0 Å². The topological polar surface area (TPSA) is 20.2 Å². The highest BCUT2D eigenvalue weighted by Gasteiger charge is 2.31. The van der Waals surface area contributed by atoms with E-state index in [9.17, 15) is 9.50 Å². The molecule has 1 aromatic rings. The lowest BCUT2D eigenvalue weighted by atomic mass is 9.84. The third-order valence-electron chi connectivity index (χ3n) is 3.63. The first-order chi connectivity index (χ1) is 7.62. The summed E-state index contributed by atoms with van der Waals surface area (Å²) in [4.78, 5) is 0. The third-order valence-corrected chi connectivity index (χ3v) is 3.63. The van der Waals surface area contributed by atoms with Gasteiger partial charge in [-0.2, -0.15) is 0 Å². The molecule has 1 aliphatic carbocycles. The van der Waals surface area contributed by atoms with Crippen LogP contribution in [0.25, 0.3) is 0 Å². The van der Waals surface area contributed by atoms with E-state index >= 15 is 0 Å². The van der Waals surface area contributed by atoms with Crippen molar-refractivity contribution in [3.05, 3.63) is 35.1 Å². The maximum Gasteiger partial charge on any atom is 0.123 e. The molecule has 2 rings (SSSR count). The number of benzene rings is 1. The molecule has 1 aromatic carbocycles. The monoisotopic (exact) mass is 222 g/mol. The summed E-state index contributed by atoms with van der Waals surface area (Å²) >= 11 is 0. The molecule has 0 atom stereocenters. The standard InChI is InChI=1S/C14H19FO/c1-11-6-7-12(15)10-13(11)14(16)8-4-2-3-5-9-14/h6-7,10,16H,2-5,8-9H2,1H3. The zero-order valence-electron chi connectivity index (χ0n) is 9.80. The van der Waals surface area contributed by atoms with Gasteiger partial charge in [0.1, 0.15) is 5.82 Å². The zero-order chi connectivity index (χ0) is 11.6. The Morgan fingerprint density at radius 2 is 1.75 bits per heavy atom. The van der Waals surface area contributed by atoms with Crippen molar-refractivity contribution >= 4 is 0 Å². The maximum absolute atomic E-state index is 13.3. The molecule has 1 saturated carbocycles. The van der Waals surface area contributed by atoms with Gasteiger partial charge in [0.15, 0.2) is 0 Å². The highest BCUT2D eigenvalue weighted by molar-refractivity contribution is 5.32. The smallest absolute Gasteiger partial charge is 0.123 e. The van der Waals surface area contributed by atoms with Gasteiger partial charge in [0, 0.05) is 0 Å². The van der Waals surface area contributed by atoms with Crippen molar-refractivity contribution in [1.82, 2.24) is 0 Å². The van der Waals surface area contributed by atoms with Gasteiger partial charge in [0.2, 0.25) is 0 Å². The fourth-order valence-electron chi connectivity index (χ4n) is 2.68. The van der Waals surface area contributed by atoms with Crippen LogP contribution in [0.2, 0.25) is 0 Å². The average molecular weight is 222 g/mol. The Kier molecular flexibility index (Phi) is 3.29. The minimum atomic E-state index is -0.803. The molecular formula is C14H19FO. The lowest BCUT2D eigenvalue weighted by Gasteiger charge is -2.28. The van der Waals surface area contributed by atoms with Crippen molar-refractivity contribution in [3.8, 4) is 0 Å². The maximum atomic E-state index is 13.3. The summed E-state index contributed by atoms with van der Waals surface area (Å²) in [5, 5.41) is 10.7. The van der Waals surface area contributed by atoms with Crippen LogP contribution in [0.15, 0.2) is 18.2 Å². The van der Waals surface area contributed by atoms with Gasteiger partial charge in [-0.15, -0.1) is 0 Å². The molecule has 88 valence electrons. The summed E-state index contributed by atoms with van der Waals surface area (Å²) in [5.41, 5.74) is 0.975. The predicted octanol–water partition coefficient (Wildman–Crippen LogP) is 3.68. The quantitative estimate of drug-likeness (QED) is 0.719. The Morgan fingerprint density at radius 3 is 2.38 bits per heavy atom. The van der Waals surface area contributed by atoms with Crippen LogP contribution in [0, 0.1) is 12.7 Å². The lowest BCUT2D eigenvalue weighted by molar-refractivity contribution is 0.0198. The van der Waals surface area contributed by atoms with E-state index in [1.165, 1.54) is 25.0 Å². The van der Waals surface area contributed by atoms with E-state index in [2.05, 4.69) is 0 Å². The van der Waals surface area contributed by atoms with E-state index in [1.54, 1.807) is 6.07 Å². The van der Waals surface area contributed by atoms with Crippen LogP contribution < -0.4 is 0 Å². The number of aliphatic hydroxyl groups is 1. The van der Waals surface area contributed by atoms with Gasteiger partial charge in [-0.3, -0.25) is 0 Å². The van der Waals surface area contributed by atoms with Crippen LogP contribution in [0.5, 0.6) is 0 Å². The number of rotatable bonds is 1. The fourth-order valence-corrected chi connectivity index (χ4v) is 2.68. The average Bonchev–Trinajstić information content (AvgIpc) is 2.48. The van der Waals surface area contributed by atoms with Gasteiger partial charge < -0.3 is 5.11 Å². The van der Waals surface area contributed by atoms with Crippen LogP contribution in [0.1, 0.15) is 49.7 Å². The van der Waals surface area contributed by atoms with Gasteiger partial charge in [-0.1, -0.05) is 31.7 Å². The SMILES string of the molecule is Cc1ccc(F)cc1C1(O)CCCCCC1. The number of hydrogen-bond donors (Lipinski definition) is 1. The molecule has 16 heavy (non-hydrogen) atoms. The molecule has 0 spiro atoms. The van der Waals surface area contributed by atoms with Gasteiger partial charge in [0.25, 0.3) is 0 Å².